The summed E-state index contributed by atoms with van der Waals surface area (Å²) in [7, 11) is 0. The number of nitrogens with zero attached hydrogens (tertiary/aromatic N) is 3. The molecule has 0 aliphatic heterocycles. The smallest absolute Gasteiger partial charge is 0.442 e. The van der Waals surface area contributed by atoms with Gasteiger partial charge in [-0.2, -0.15) is 0 Å². The molecule has 1 aromatic heterocycles. The minimum atomic E-state index is -0.890. The van der Waals surface area contributed by atoms with Crippen molar-refractivity contribution in [1.82, 2.24) is 4.98 Å². The number of pyridine rings is 1. The summed E-state index contributed by atoms with van der Waals surface area (Å²) in [6.07, 6.45) is 2.97. The van der Waals surface area contributed by atoms with Crippen LogP contribution in [0.4, 0.5) is 11.5 Å². The normalized spacial score (nSPS) is 14.5. The largest absolute Gasteiger partial charge is 0.486 e. The molecule has 1 saturated carbocycles. The maximum Gasteiger partial charge on any atom is 0.442 e. The fraction of sp³-hybridized carbons (Fsp3) is 0.375. The summed E-state index contributed by atoms with van der Waals surface area (Å²) < 4.78 is 5.26. The Morgan fingerprint density at radius 2 is 2.00 bits per heavy atom. The van der Waals surface area contributed by atoms with Crippen molar-refractivity contribution >= 4 is 11.5 Å². The van der Waals surface area contributed by atoms with E-state index < -0.39 is 21.4 Å². The zero-order chi connectivity index (χ0) is 11.7. The third kappa shape index (κ3) is 2.05. The molecule has 0 atom stereocenters. The van der Waals surface area contributed by atoms with Crippen LogP contribution in [0.1, 0.15) is 12.8 Å². The van der Waals surface area contributed by atoms with E-state index >= 15 is 0 Å². The van der Waals surface area contributed by atoms with Crippen molar-refractivity contribution in [3.63, 3.8) is 0 Å². The van der Waals surface area contributed by atoms with Crippen LogP contribution in [0.2, 0.25) is 0 Å². The van der Waals surface area contributed by atoms with Gasteiger partial charge < -0.3 is 14.9 Å². The second-order valence-corrected chi connectivity index (χ2v) is 3.35. The van der Waals surface area contributed by atoms with E-state index in [0.29, 0.717) is 0 Å². The quantitative estimate of drug-likeness (QED) is 0.566. The second kappa shape index (κ2) is 3.72. The minimum absolute atomic E-state index is 0.0582. The number of hydrogen-bond donors (Lipinski definition) is 0. The Morgan fingerprint density at radius 1 is 1.31 bits per heavy atom. The van der Waals surface area contributed by atoms with Gasteiger partial charge in [-0.3, -0.25) is 10.1 Å². The van der Waals surface area contributed by atoms with Crippen molar-refractivity contribution in [2.75, 3.05) is 0 Å². The number of rotatable bonds is 4. The molecule has 16 heavy (non-hydrogen) atoms. The van der Waals surface area contributed by atoms with Crippen LogP contribution in [-0.4, -0.2) is 20.9 Å². The molecule has 0 spiro atoms. The average Bonchev–Trinajstić information content (AvgIpc) is 3.01. The fourth-order valence-corrected chi connectivity index (χ4v) is 1.15. The van der Waals surface area contributed by atoms with Crippen molar-refractivity contribution < 1.29 is 14.6 Å². The molecule has 0 aromatic carbocycles. The van der Waals surface area contributed by atoms with E-state index in [1.54, 1.807) is 0 Å². The number of hydrogen-bond acceptors (Lipinski definition) is 6. The summed E-state index contributed by atoms with van der Waals surface area (Å²) in [4.78, 5) is 22.7. The molecule has 8 nitrogen and oxygen atoms in total. The summed E-state index contributed by atoms with van der Waals surface area (Å²) >= 11 is 0. The summed E-state index contributed by atoms with van der Waals surface area (Å²) in [5, 5.41) is 21.1. The molecule has 1 aromatic rings. The molecule has 1 heterocycles. The summed E-state index contributed by atoms with van der Waals surface area (Å²) in [6.45, 7) is 0. The molecule has 0 amide bonds. The zero-order valence-electron chi connectivity index (χ0n) is 8.03. The Labute approximate surface area is 89.2 Å². The van der Waals surface area contributed by atoms with E-state index in [4.69, 9.17) is 4.74 Å². The van der Waals surface area contributed by atoms with E-state index in [1.807, 2.05) is 0 Å². The van der Waals surface area contributed by atoms with E-state index in [1.165, 1.54) is 0 Å². The predicted octanol–water partition coefficient (Wildman–Crippen LogP) is 1.44. The first-order valence-corrected chi connectivity index (χ1v) is 4.53. The molecule has 84 valence electrons. The lowest BCUT2D eigenvalue weighted by molar-refractivity contribution is -0.425. The van der Waals surface area contributed by atoms with Crippen LogP contribution in [0, 0.1) is 20.2 Å². The Hall–Kier alpha value is -2.25. The van der Waals surface area contributed by atoms with Crippen molar-refractivity contribution in [2.24, 2.45) is 0 Å². The number of ether oxygens (including phenoxy) is 1. The first-order valence-electron chi connectivity index (χ1n) is 4.53. The average molecular weight is 225 g/mol. The van der Waals surface area contributed by atoms with Crippen LogP contribution in [0.3, 0.4) is 0 Å². The first kappa shape index (κ1) is 10.3. The fourth-order valence-electron chi connectivity index (χ4n) is 1.15. The van der Waals surface area contributed by atoms with Crippen LogP contribution >= 0.6 is 0 Å². The Morgan fingerprint density at radius 3 is 2.50 bits per heavy atom. The standard InChI is InChI=1S/C8H7N3O5/c12-10(13)7-3-6(16-5-1-2-5)4-9-8(7)11(14)15/h3-5H,1-2H2. The number of nitro groups is 2. The van der Waals surface area contributed by atoms with E-state index in [9.17, 15) is 20.2 Å². The van der Waals surface area contributed by atoms with Crippen LogP contribution in [-0.2, 0) is 0 Å². The zero-order valence-corrected chi connectivity index (χ0v) is 8.03. The van der Waals surface area contributed by atoms with Gasteiger partial charge >= 0.3 is 11.5 Å². The SMILES string of the molecule is O=[N+]([O-])c1cc(OC2CC2)cnc1[N+](=O)[O-]. The molecule has 1 fully saturated rings. The van der Waals surface area contributed by atoms with Gasteiger partial charge in [-0.05, 0) is 22.7 Å². The third-order valence-electron chi connectivity index (χ3n) is 2.02. The maximum absolute atomic E-state index is 10.6. The monoisotopic (exact) mass is 225 g/mol. The summed E-state index contributed by atoms with van der Waals surface area (Å²) in [5.41, 5.74) is -0.650. The van der Waals surface area contributed by atoms with Crippen molar-refractivity contribution in [1.29, 1.82) is 0 Å². The topological polar surface area (TPSA) is 108 Å². The van der Waals surface area contributed by atoms with Crippen molar-refractivity contribution in [3.05, 3.63) is 32.5 Å². The highest BCUT2D eigenvalue weighted by atomic mass is 16.6. The van der Waals surface area contributed by atoms with Gasteiger partial charge in [0.05, 0.1) is 17.1 Å². The molecule has 1 aliphatic carbocycles. The predicted molar refractivity (Wildman–Crippen MR) is 51.2 cm³/mol. The Bertz CT molecular complexity index is 457. The molecule has 0 N–H and O–H groups in total. The molecule has 8 heteroatoms. The van der Waals surface area contributed by atoms with E-state index in [0.717, 1.165) is 25.1 Å². The molecular weight excluding hydrogens is 218 g/mol. The van der Waals surface area contributed by atoms with Crippen LogP contribution in [0.5, 0.6) is 5.75 Å². The molecule has 1 aliphatic rings. The summed E-state index contributed by atoms with van der Waals surface area (Å²) in [5.74, 6) is -0.576. The van der Waals surface area contributed by atoms with Gasteiger partial charge in [-0.1, -0.05) is 0 Å². The molecular formula is C8H7N3O5. The van der Waals surface area contributed by atoms with Gasteiger partial charge in [-0.15, -0.1) is 0 Å². The van der Waals surface area contributed by atoms with Crippen LogP contribution in [0.25, 0.3) is 0 Å². The lowest BCUT2D eigenvalue weighted by Crippen LogP contribution is -2.02. The molecule has 0 saturated heterocycles. The minimum Gasteiger partial charge on any atom is -0.486 e. The molecule has 0 radical (unpaired) electrons. The summed E-state index contributed by atoms with van der Waals surface area (Å²) in [6, 6.07) is 1.03. The Kier molecular flexibility index (Phi) is 2.39. The molecule has 0 unspecified atom stereocenters. The molecule has 2 rings (SSSR count). The highest BCUT2D eigenvalue weighted by Gasteiger charge is 2.29. The highest BCUT2D eigenvalue weighted by molar-refractivity contribution is 5.49. The second-order valence-electron chi connectivity index (χ2n) is 3.35. The van der Waals surface area contributed by atoms with Crippen LogP contribution in [0.15, 0.2) is 12.3 Å². The lowest BCUT2D eigenvalue weighted by Gasteiger charge is -2.01. The maximum atomic E-state index is 10.6. The van der Waals surface area contributed by atoms with Crippen LogP contribution < -0.4 is 4.74 Å². The molecule has 0 bridgehead atoms. The van der Waals surface area contributed by atoms with E-state index in [-0.39, 0.29) is 11.9 Å². The number of aromatic nitrogens is 1. The lowest BCUT2D eigenvalue weighted by atomic mass is 10.4. The van der Waals surface area contributed by atoms with Gasteiger partial charge in [0.1, 0.15) is 0 Å². The Balaban J connectivity index is 2.34. The van der Waals surface area contributed by atoms with Gasteiger partial charge in [0.15, 0.2) is 11.9 Å². The van der Waals surface area contributed by atoms with E-state index in [2.05, 4.69) is 4.98 Å². The van der Waals surface area contributed by atoms with Gasteiger partial charge in [0.2, 0.25) is 0 Å². The van der Waals surface area contributed by atoms with Gasteiger partial charge in [0, 0.05) is 0 Å². The van der Waals surface area contributed by atoms with Gasteiger partial charge in [0.25, 0.3) is 0 Å². The third-order valence-corrected chi connectivity index (χ3v) is 2.02. The highest BCUT2D eigenvalue weighted by Crippen LogP contribution is 2.31. The first-order chi connectivity index (χ1) is 7.58. The van der Waals surface area contributed by atoms with Crippen molar-refractivity contribution in [3.8, 4) is 5.75 Å². The van der Waals surface area contributed by atoms with Gasteiger partial charge in [-0.25, -0.2) is 0 Å². The van der Waals surface area contributed by atoms with Crippen molar-refractivity contribution in [2.45, 2.75) is 18.9 Å².